The van der Waals surface area contributed by atoms with Gasteiger partial charge in [-0.1, -0.05) is 12.1 Å². The monoisotopic (exact) mass is 409 g/mol. The Morgan fingerprint density at radius 3 is 2.69 bits per heavy atom. The number of carbonyl (C=O) groups is 1. The Morgan fingerprint density at radius 1 is 1.14 bits per heavy atom. The summed E-state index contributed by atoms with van der Waals surface area (Å²) >= 11 is 0. The van der Waals surface area contributed by atoms with Crippen LogP contribution in [-0.4, -0.2) is 29.2 Å². The lowest BCUT2D eigenvalue weighted by molar-refractivity contribution is -0.137. The van der Waals surface area contributed by atoms with Crippen molar-refractivity contribution < 1.29 is 27.5 Å². The zero-order valence-electron chi connectivity index (χ0n) is 15.2. The summed E-state index contributed by atoms with van der Waals surface area (Å²) in [7, 11) is 0. The molecule has 0 saturated heterocycles. The largest absolute Gasteiger partial charge is 0.416 e. The van der Waals surface area contributed by atoms with E-state index in [1.807, 2.05) is 0 Å². The molecule has 154 valence electrons. The third-order valence-electron chi connectivity index (χ3n) is 4.46. The van der Waals surface area contributed by atoms with Gasteiger partial charge in [0.15, 0.2) is 0 Å². The van der Waals surface area contributed by atoms with Crippen molar-refractivity contribution in [2.75, 3.05) is 13.1 Å². The number of H-pyrrole nitrogens is 1. The average molecular weight is 409 g/mol. The molecule has 0 radical (unpaired) electrons. The number of carbonyl (C=O) groups excluding carboxylic acids is 1. The first-order chi connectivity index (χ1) is 13.7. The minimum Gasteiger partial charge on any atom is -0.387 e. The molecule has 1 atom stereocenters. The second-order valence-electron chi connectivity index (χ2n) is 6.53. The fourth-order valence-corrected chi connectivity index (χ4v) is 2.97. The third-order valence-corrected chi connectivity index (χ3v) is 4.46. The number of amides is 2. The lowest BCUT2D eigenvalue weighted by atomic mass is 10.1. The number of hydrogen-bond donors (Lipinski definition) is 4. The second kappa shape index (κ2) is 8.52. The predicted octanol–water partition coefficient (Wildman–Crippen LogP) is 3.90. The lowest BCUT2D eigenvalue weighted by Gasteiger charge is -2.15. The molecule has 1 heterocycles. The number of benzene rings is 2. The minimum atomic E-state index is -4.51. The van der Waals surface area contributed by atoms with Crippen LogP contribution in [0.4, 0.5) is 22.4 Å². The Labute approximate surface area is 163 Å². The number of aliphatic hydroxyl groups is 1. The fourth-order valence-electron chi connectivity index (χ4n) is 2.97. The van der Waals surface area contributed by atoms with Crippen molar-refractivity contribution in [1.29, 1.82) is 0 Å². The number of alkyl halides is 3. The quantitative estimate of drug-likeness (QED) is 0.466. The van der Waals surface area contributed by atoms with E-state index in [-0.39, 0.29) is 24.5 Å². The van der Waals surface area contributed by atoms with E-state index in [1.54, 1.807) is 12.3 Å². The standard InChI is InChI=1S/C20H19F4N3O2/c21-15-4-5-16-13(10-26-17(16)9-15)6-7-25-19(29)27-11-18(28)12-2-1-3-14(8-12)20(22,23)24/h1-5,8-10,18,26,28H,6-7,11H2,(H2,25,27,29). The zero-order valence-corrected chi connectivity index (χ0v) is 15.2. The molecule has 0 bridgehead atoms. The molecule has 3 rings (SSSR count). The van der Waals surface area contributed by atoms with Crippen molar-refractivity contribution in [3.63, 3.8) is 0 Å². The van der Waals surface area contributed by atoms with Crippen molar-refractivity contribution in [1.82, 2.24) is 15.6 Å². The summed E-state index contributed by atoms with van der Waals surface area (Å²) in [6.45, 7) is 0.0509. The number of urea groups is 1. The Morgan fingerprint density at radius 2 is 1.93 bits per heavy atom. The van der Waals surface area contributed by atoms with Gasteiger partial charge in [0.1, 0.15) is 5.82 Å². The SMILES string of the molecule is O=C(NCCc1c[nH]c2cc(F)ccc12)NCC(O)c1cccc(C(F)(F)F)c1. The van der Waals surface area contributed by atoms with E-state index < -0.39 is 23.9 Å². The molecular weight excluding hydrogens is 390 g/mol. The van der Waals surface area contributed by atoms with Gasteiger partial charge in [0.2, 0.25) is 0 Å². The van der Waals surface area contributed by atoms with Gasteiger partial charge < -0.3 is 20.7 Å². The molecule has 29 heavy (non-hydrogen) atoms. The molecule has 0 fully saturated rings. The molecule has 1 unspecified atom stereocenters. The van der Waals surface area contributed by atoms with Crippen LogP contribution in [0.15, 0.2) is 48.7 Å². The highest BCUT2D eigenvalue weighted by atomic mass is 19.4. The highest BCUT2D eigenvalue weighted by Gasteiger charge is 2.30. The highest BCUT2D eigenvalue weighted by molar-refractivity contribution is 5.83. The Kier molecular flexibility index (Phi) is 6.07. The van der Waals surface area contributed by atoms with Gasteiger partial charge in [-0.05, 0) is 47.9 Å². The van der Waals surface area contributed by atoms with E-state index >= 15 is 0 Å². The molecule has 0 aliphatic rings. The van der Waals surface area contributed by atoms with E-state index in [4.69, 9.17) is 0 Å². The molecule has 5 nitrogen and oxygen atoms in total. The van der Waals surface area contributed by atoms with Crippen LogP contribution >= 0.6 is 0 Å². The van der Waals surface area contributed by atoms with Crippen LogP contribution in [0.3, 0.4) is 0 Å². The van der Waals surface area contributed by atoms with E-state index in [1.165, 1.54) is 24.3 Å². The smallest absolute Gasteiger partial charge is 0.387 e. The van der Waals surface area contributed by atoms with Crippen LogP contribution in [0.1, 0.15) is 22.8 Å². The molecule has 9 heteroatoms. The minimum absolute atomic E-state index is 0.0612. The van der Waals surface area contributed by atoms with Gasteiger partial charge in [0, 0.05) is 30.2 Å². The highest BCUT2D eigenvalue weighted by Crippen LogP contribution is 2.30. The maximum atomic E-state index is 13.2. The molecule has 2 aromatic carbocycles. The van der Waals surface area contributed by atoms with Gasteiger partial charge in [0.25, 0.3) is 0 Å². The summed E-state index contributed by atoms with van der Waals surface area (Å²) in [5, 5.41) is 15.9. The van der Waals surface area contributed by atoms with Crippen LogP contribution < -0.4 is 10.6 Å². The third kappa shape index (κ3) is 5.26. The normalized spacial score (nSPS) is 12.7. The maximum absolute atomic E-state index is 13.2. The molecule has 0 spiro atoms. The van der Waals surface area contributed by atoms with Crippen LogP contribution in [0.5, 0.6) is 0 Å². The summed E-state index contributed by atoms with van der Waals surface area (Å²) in [4.78, 5) is 14.8. The lowest BCUT2D eigenvalue weighted by Crippen LogP contribution is -2.38. The summed E-state index contributed by atoms with van der Waals surface area (Å²) in [6, 6.07) is 8.17. The second-order valence-corrected chi connectivity index (χ2v) is 6.53. The van der Waals surface area contributed by atoms with Gasteiger partial charge in [-0.3, -0.25) is 0 Å². The first kappa shape index (κ1) is 20.7. The number of hydrogen-bond acceptors (Lipinski definition) is 2. The Balaban J connectivity index is 1.47. The van der Waals surface area contributed by atoms with E-state index in [9.17, 15) is 27.5 Å². The zero-order chi connectivity index (χ0) is 21.0. The first-order valence-corrected chi connectivity index (χ1v) is 8.86. The van der Waals surface area contributed by atoms with Crippen molar-refractivity contribution in [2.45, 2.75) is 18.7 Å². The number of nitrogens with one attached hydrogen (secondary N) is 3. The van der Waals surface area contributed by atoms with Crippen molar-refractivity contribution in [3.05, 3.63) is 71.2 Å². The maximum Gasteiger partial charge on any atom is 0.416 e. The van der Waals surface area contributed by atoms with Gasteiger partial charge in [-0.2, -0.15) is 13.2 Å². The van der Waals surface area contributed by atoms with Gasteiger partial charge >= 0.3 is 12.2 Å². The van der Waals surface area contributed by atoms with Crippen LogP contribution in [0, 0.1) is 5.82 Å². The number of halogens is 4. The average Bonchev–Trinajstić information content (AvgIpc) is 3.07. The summed E-state index contributed by atoms with van der Waals surface area (Å²) in [6.07, 6.45) is -3.54. The number of aromatic nitrogens is 1. The van der Waals surface area contributed by atoms with Gasteiger partial charge in [-0.25, -0.2) is 9.18 Å². The number of aromatic amines is 1. The number of aliphatic hydroxyl groups excluding tert-OH is 1. The fraction of sp³-hybridized carbons (Fsp3) is 0.250. The predicted molar refractivity (Wildman–Crippen MR) is 99.8 cm³/mol. The molecule has 0 aliphatic heterocycles. The molecular formula is C20H19F4N3O2. The molecule has 3 aromatic rings. The Hall–Kier alpha value is -3.07. The van der Waals surface area contributed by atoms with Crippen LogP contribution in [0.25, 0.3) is 10.9 Å². The molecule has 1 aromatic heterocycles. The van der Waals surface area contributed by atoms with Crippen LogP contribution in [-0.2, 0) is 12.6 Å². The first-order valence-electron chi connectivity index (χ1n) is 8.86. The number of fused-ring (bicyclic) bond motifs is 1. The number of rotatable bonds is 6. The van der Waals surface area contributed by atoms with Crippen molar-refractivity contribution >= 4 is 16.9 Å². The van der Waals surface area contributed by atoms with Crippen molar-refractivity contribution in [2.24, 2.45) is 0 Å². The molecule has 4 N–H and O–H groups in total. The van der Waals surface area contributed by atoms with E-state index in [0.29, 0.717) is 11.9 Å². The summed E-state index contributed by atoms with van der Waals surface area (Å²) in [5.41, 5.74) is 0.765. The van der Waals surface area contributed by atoms with E-state index in [2.05, 4.69) is 15.6 Å². The topological polar surface area (TPSA) is 77.2 Å². The molecule has 0 aliphatic carbocycles. The van der Waals surface area contributed by atoms with Crippen molar-refractivity contribution in [3.8, 4) is 0 Å². The Bertz CT molecular complexity index is 1000. The van der Waals surface area contributed by atoms with Gasteiger partial charge in [0.05, 0.1) is 11.7 Å². The summed E-state index contributed by atoms with van der Waals surface area (Å²) in [5.74, 6) is -0.345. The van der Waals surface area contributed by atoms with Crippen LogP contribution in [0.2, 0.25) is 0 Å². The van der Waals surface area contributed by atoms with E-state index in [0.717, 1.165) is 23.1 Å². The molecule has 0 saturated carbocycles. The summed E-state index contributed by atoms with van der Waals surface area (Å²) < 4.78 is 51.4. The van der Waals surface area contributed by atoms with Gasteiger partial charge in [-0.15, -0.1) is 0 Å². The molecule has 2 amide bonds.